The van der Waals surface area contributed by atoms with Crippen LogP contribution in [0.25, 0.3) is 0 Å². The summed E-state index contributed by atoms with van der Waals surface area (Å²) in [6.07, 6.45) is -5.08. The zero-order valence-electron chi connectivity index (χ0n) is 9.91. The van der Waals surface area contributed by atoms with Crippen LogP contribution in [0.1, 0.15) is 0 Å². The molecule has 0 aromatic rings. The number of nitrogens with one attached hydrogen (secondary N) is 1. The fourth-order valence-electron chi connectivity index (χ4n) is 0.514. The molecule has 0 aliphatic carbocycles. The largest absolute Gasteiger partial charge is 0.490 e. The maximum Gasteiger partial charge on any atom is 0.490 e. The quantitative estimate of drug-likeness (QED) is 0.464. The van der Waals surface area contributed by atoms with Crippen LogP contribution in [-0.4, -0.2) is 54.6 Å². The van der Waals surface area contributed by atoms with Gasteiger partial charge in [0.1, 0.15) is 12.4 Å². The first-order valence-electron chi connectivity index (χ1n) is 4.81. The number of hydrogen-bond donors (Lipinski definition) is 3. The van der Waals surface area contributed by atoms with Gasteiger partial charge in [-0.15, -0.1) is 0 Å². The van der Waals surface area contributed by atoms with Crippen molar-refractivity contribution in [2.45, 2.75) is 6.18 Å². The van der Waals surface area contributed by atoms with Crippen LogP contribution in [0.3, 0.4) is 0 Å². The van der Waals surface area contributed by atoms with E-state index >= 15 is 0 Å². The van der Waals surface area contributed by atoms with Crippen molar-refractivity contribution in [2.24, 2.45) is 5.73 Å². The SMILES string of the molecule is NCC(=O)NCCOC(=O)CSCl.O=C(O)C(F)(F)F. The summed E-state index contributed by atoms with van der Waals surface area (Å²) in [4.78, 5) is 30.2. The molecule has 0 aromatic carbocycles. The normalized spacial score (nSPS) is 10.1. The summed E-state index contributed by atoms with van der Waals surface area (Å²) in [6, 6.07) is 0. The Kier molecular flexibility index (Phi) is 12.3. The number of esters is 1. The summed E-state index contributed by atoms with van der Waals surface area (Å²) < 4.78 is 36.4. The van der Waals surface area contributed by atoms with E-state index in [0.29, 0.717) is 0 Å². The summed E-state index contributed by atoms with van der Waals surface area (Å²) >= 11 is 0. The molecule has 1 amide bonds. The zero-order chi connectivity index (χ0) is 16.2. The molecule has 0 saturated carbocycles. The molecule has 118 valence electrons. The lowest BCUT2D eigenvalue weighted by atomic mass is 10.5. The van der Waals surface area contributed by atoms with E-state index in [2.05, 4.69) is 10.1 Å². The maximum absolute atomic E-state index is 10.7. The van der Waals surface area contributed by atoms with Crippen molar-refractivity contribution in [1.82, 2.24) is 5.32 Å². The van der Waals surface area contributed by atoms with Gasteiger partial charge in [0.2, 0.25) is 5.91 Å². The van der Waals surface area contributed by atoms with Crippen LogP contribution in [0.2, 0.25) is 0 Å². The Labute approximate surface area is 120 Å². The van der Waals surface area contributed by atoms with Gasteiger partial charge in [0.25, 0.3) is 0 Å². The van der Waals surface area contributed by atoms with Gasteiger partial charge in [0.05, 0.1) is 13.1 Å². The van der Waals surface area contributed by atoms with Crippen molar-refractivity contribution in [3.63, 3.8) is 0 Å². The van der Waals surface area contributed by atoms with E-state index < -0.39 is 18.1 Å². The molecule has 0 aliphatic rings. The molecule has 20 heavy (non-hydrogen) atoms. The molecule has 0 spiro atoms. The van der Waals surface area contributed by atoms with Gasteiger partial charge in [-0.05, 0) is 21.7 Å². The van der Waals surface area contributed by atoms with Crippen LogP contribution < -0.4 is 11.1 Å². The van der Waals surface area contributed by atoms with E-state index in [1.165, 1.54) is 0 Å². The second-order valence-corrected chi connectivity index (χ2v) is 3.99. The summed E-state index contributed by atoms with van der Waals surface area (Å²) in [7, 11) is 6.08. The molecule has 0 aliphatic heterocycles. The second-order valence-electron chi connectivity index (χ2n) is 2.83. The number of hydrogen-bond acceptors (Lipinski definition) is 6. The molecule has 0 fully saturated rings. The van der Waals surface area contributed by atoms with Crippen molar-refractivity contribution in [3.05, 3.63) is 0 Å². The molecule has 0 radical (unpaired) electrons. The number of carbonyl (C=O) groups excluding carboxylic acids is 2. The van der Waals surface area contributed by atoms with E-state index in [1.54, 1.807) is 0 Å². The molecule has 0 saturated heterocycles. The van der Waals surface area contributed by atoms with Crippen LogP contribution in [0, 0.1) is 0 Å². The number of alkyl halides is 3. The van der Waals surface area contributed by atoms with Gasteiger partial charge in [-0.2, -0.15) is 13.2 Å². The van der Waals surface area contributed by atoms with Gasteiger partial charge in [0.15, 0.2) is 0 Å². The number of carbonyl (C=O) groups is 3. The lowest BCUT2D eigenvalue weighted by molar-refractivity contribution is -0.192. The summed E-state index contributed by atoms with van der Waals surface area (Å²) in [5, 5.41) is 9.57. The molecule has 0 aromatic heterocycles. The minimum Gasteiger partial charge on any atom is -0.475 e. The van der Waals surface area contributed by atoms with Gasteiger partial charge in [-0.1, -0.05) is 0 Å². The summed E-state index contributed by atoms with van der Waals surface area (Å²) in [5.74, 6) is -3.33. The van der Waals surface area contributed by atoms with Crippen molar-refractivity contribution in [2.75, 3.05) is 25.4 Å². The van der Waals surface area contributed by atoms with E-state index in [1.807, 2.05) is 0 Å². The van der Waals surface area contributed by atoms with E-state index in [-0.39, 0.29) is 31.4 Å². The van der Waals surface area contributed by atoms with Crippen LogP contribution in [0.4, 0.5) is 13.2 Å². The highest BCUT2D eigenvalue weighted by molar-refractivity contribution is 8.21. The Hall–Kier alpha value is -1.20. The fraction of sp³-hybridized carbons (Fsp3) is 0.625. The van der Waals surface area contributed by atoms with Gasteiger partial charge in [-0.3, -0.25) is 9.59 Å². The molecule has 4 N–H and O–H groups in total. The van der Waals surface area contributed by atoms with E-state index in [9.17, 15) is 22.8 Å². The number of carboxylic acids is 1. The van der Waals surface area contributed by atoms with Crippen molar-refractivity contribution < 1.29 is 37.4 Å². The van der Waals surface area contributed by atoms with Crippen molar-refractivity contribution >= 4 is 39.5 Å². The molecule has 7 nitrogen and oxygen atoms in total. The number of rotatable bonds is 6. The third-order valence-electron chi connectivity index (χ3n) is 1.29. The van der Waals surface area contributed by atoms with Gasteiger partial charge in [0, 0.05) is 0 Å². The monoisotopic (exact) mass is 340 g/mol. The minimum atomic E-state index is -5.08. The van der Waals surface area contributed by atoms with Crippen LogP contribution >= 0.6 is 21.7 Å². The number of amides is 1. The molecular formula is C8H12ClF3N2O5S. The predicted octanol–water partition coefficient (Wildman–Crippen LogP) is 0.125. The highest BCUT2D eigenvalue weighted by Gasteiger charge is 2.38. The maximum atomic E-state index is 10.7. The Morgan fingerprint density at radius 3 is 2.20 bits per heavy atom. The van der Waals surface area contributed by atoms with Crippen LogP contribution in [0.5, 0.6) is 0 Å². The zero-order valence-corrected chi connectivity index (χ0v) is 11.5. The Balaban J connectivity index is 0. The number of nitrogens with two attached hydrogens (primary N) is 1. The number of aliphatic carboxylic acids is 1. The molecule has 0 rings (SSSR count). The Morgan fingerprint density at radius 2 is 1.85 bits per heavy atom. The highest BCUT2D eigenvalue weighted by Crippen LogP contribution is 2.13. The smallest absolute Gasteiger partial charge is 0.475 e. The molecular weight excluding hydrogens is 329 g/mol. The fourth-order valence-corrected chi connectivity index (χ4v) is 0.953. The molecule has 0 bridgehead atoms. The average Bonchev–Trinajstić information content (AvgIpc) is 2.34. The van der Waals surface area contributed by atoms with Gasteiger partial charge >= 0.3 is 18.1 Å². The summed E-state index contributed by atoms with van der Waals surface area (Å²) in [5.41, 5.74) is 5.02. The lowest BCUT2D eigenvalue weighted by Gasteiger charge is -2.04. The van der Waals surface area contributed by atoms with Gasteiger partial charge in [-0.25, -0.2) is 4.79 Å². The highest BCUT2D eigenvalue weighted by atomic mass is 35.7. The van der Waals surface area contributed by atoms with E-state index in [4.69, 9.17) is 26.3 Å². The first-order chi connectivity index (χ1) is 9.15. The standard InChI is InChI=1S/C6H11ClN2O3S.C2HF3O2/c7-13-4-6(11)12-2-1-9-5(10)3-8;3-2(4,5)1(6)7/h1-4,8H2,(H,9,10);(H,6,7). The minimum absolute atomic E-state index is 0.0640. The number of halogens is 4. The third-order valence-corrected chi connectivity index (χ3v) is 1.96. The van der Waals surface area contributed by atoms with Crippen LogP contribution in [-0.2, 0) is 19.1 Å². The summed E-state index contributed by atoms with van der Waals surface area (Å²) in [6.45, 7) is 0.349. The first-order valence-corrected chi connectivity index (χ1v) is 6.62. The third kappa shape index (κ3) is 14.9. The number of ether oxygens (including phenoxy) is 1. The molecule has 0 atom stereocenters. The Bertz CT molecular complexity index is 330. The second kappa shape index (κ2) is 11.6. The lowest BCUT2D eigenvalue weighted by Crippen LogP contribution is -2.33. The topological polar surface area (TPSA) is 119 Å². The van der Waals surface area contributed by atoms with Gasteiger partial charge < -0.3 is 20.9 Å². The van der Waals surface area contributed by atoms with E-state index in [0.717, 1.165) is 11.0 Å². The first kappa shape index (κ1) is 21.1. The molecule has 0 heterocycles. The van der Waals surface area contributed by atoms with Crippen molar-refractivity contribution in [3.8, 4) is 0 Å². The number of carboxylic acid groups (broad SMARTS) is 1. The van der Waals surface area contributed by atoms with Crippen LogP contribution in [0.15, 0.2) is 0 Å². The van der Waals surface area contributed by atoms with Crippen molar-refractivity contribution in [1.29, 1.82) is 0 Å². The average molecular weight is 341 g/mol. The molecule has 12 heteroatoms. The predicted molar refractivity (Wildman–Crippen MR) is 65.0 cm³/mol. The molecule has 0 unspecified atom stereocenters. The Morgan fingerprint density at radius 1 is 1.35 bits per heavy atom.